The zero-order chi connectivity index (χ0) is 17.3. The van der Waals surface area contributed by atoms with Gasteiger partial charge in [0.25, 0.3) is 0 Å². The Morgan fingerprint density at radius 3 is 2.42 bits per heavy atom. The molecule has 0 unspecified atom stereocenters. The summed E-state index contributed by atoms with van der Waals surface area (Å²) in [6, 6.07) is 7.93. The van der Waals surface area contributed by atoms with E-state index in [1.165, 1.54) is 5.56 Å². The first-order valence-electron chi connectivity index (χ1n) is 7.86. The average Bonchev–Trinajstić information content (AvgIpc) is 2.50. The van der Waals surface area contributed by atoms with Crippen molar-refractivity contribution in [1.82, 2.24) is 10.6 Å². The van der Waals surface area contributed by atoms with Gasteiger partial charge in [0.1, 0.15) is 12.4 Å². The Morgan fingerprint density at radius 2 is 1.88 bits per heavy atom. The third-order valence-electron chi connectivity index (χ3n) is 3.33. The van der Waals surface area contributed by atoms with E-state index in [9.17, 15) is 4.79 Å². The molecule has 24 heavy (non-hydrogen) atoms. The van der Waals surface area contributed by atoms with E-state index in [2.05, 4.69) is 15.6 Å². The number of aryl methyl sites for hydroxylation is 1. The summed E-state index contributed by atoms with van der Waals surface area (Å²) in [4.78, 5) is 15.7. The summed E-state index contributed by atoms with van der Waals surface area (Å²) < 4.78 is 5.65. The second kappa shape index (κ2) is 11.1. The maximum atomic E-state index is 11.3. The van der Waals surface area contributed by atoms with Crippen LogP contribution in [-0.2, 0) is 4.79 Å². The number of benzene rings is 1. The average molecular weight is 448 g/mol. The van der Waals surface area contributed by atoms with Gasteiger partial charge in [-0.05, 0) is 39.8 Å². The van der Waals surface area contributed by atoms with E-state index in [0.717, 1.165) is 12.3 Å². The van der Waals surface area contributed by atoms with Crippen LogP contribution in [0.5, 0.6) is 5.75 Å². The number of primary amides is 1. The number of carbonyl (C=O) groups excluding carboxylic acids is 1. The van der Waals surface area contributed by atoms with Crippen molar-refractivity contribution in [3.8, 4) is 5.75 Å². The standard InChI is InChI=1S/C17H28N4O2.HI/c1-5-19-16(21-12-17(3,4)15(18)22)20-10-11-23-14-8-6-13(2)7-9-14;/h6-9H,5,10-12H2,1-4H3,(H2,18,22)(H2,19,20,21);1H. The number of halogens is 1. The Balaban J connectivity index is 0.00000529. The number of aliphatic imine (C=N–C) groups is 1. The third-order valence-corrected chi connectivity index (χ3v) is 3.33. The van der Waals surface area contributed by atoms with E-state index in [4.69, 9.17) is 10.5 Å². The van der Waals surface area contributed by atoms with Gasteiger partial charge < -0.3 is 21.1 Å². The van der Waals surface area contributed by atoms with Gasteiger partial charge >= 0.3 is 0 Å². The molecule has 0 saturated heterocycles. The second-order valence-electron chi connectivity index (χ2n) is 6.03. The van der Waals surface area contributed by atoms with Crippen molar-refractivity contribution >= 4 is 35.8 Å². The van der Waals surface area contributed by atoms with Crippen LogP contribution in [0, 0.1) is 12.3 Å². The molecule has 0 aromatic heterocycles. The molecular formula is C17H29IN4O2. The molecule has 136 valence electrons. The summed E-state index contributed by atoms with van der Waals surface area (Å²) in [6.07, 6.45) is 0. The Hall–Kier alpha value is -1.51. The minimum Gasteiger partial charge on any atom is -0.492 e. The fraction of sp³-hybridized carbons (Fsp3) is 0.529. The lowest BCUT2D eigenvalue weighted by molar-refractivity contribution is -0.125. The molecule has 1 aromatic carbocycles. The maximum Gasteiger partial charge on any atom is 0.224 e. The maximum absolute atomic E-state index is 11.3. The first-order valence-corrected chi connectivity index (χ1v) is 7.86. The highest BCUT2D eigenvalue weighted by molar-refractivity contribution is 14.0. The highest BCUT2D eigenvalue weighted by Gasteiger charge is 2.24. The summed E-state index contributed by atoms with van der Waals surface area (Å²) in [5, 5.41) is 6.31. The number of ether oxygens (including phenoxy) is 1. The van der Waals surface area contributed by atoms with Gasteiger partial charge in [0, 0.05) is 6.54 Å². The normalized spacial score (nSPS) is 11.4. The number of amides is 1. The predicted molar refractivity (Wildman–Crippen MR) is 109 cm³/mol. The minimum absolute atomic E-state index is 0. The first-order chi connectivity index (χ1) is 10.8. The summed E-state index contributed by atoms with van der Waals surface area (Å²) in [6.45, 7) is 9.78. The van der Waals surface area contributed by atoms with Crippen LogP contribution < -0.4 is 21.1 Å². The summed E-state index contributed by atoms with van der Waals surface area (Å²) >= 11 is 0. The van der Waals surface area contributed by atoms with Gasteiger partial charge in [-0.2, -0.15) is 0 Å². The molecule has 0 aliphatic rings. The summed E-state index contributed by atoms with van der Waals surface area (Å²) in [7, 11) is 0. The molecule has 1 aromatic rings. The lowest BCUT2D eigenvalue weighted by Gasteiger charge is -2.19. The van der Waals surface area contributed by atoms with Crippen molar-refractivity contribution in [2.45, 2.75) is 27.7 Å². The van der Waals surface area contributed by atoms with Crippen LogP contribution >= 0.6 is 24.0 Å². The van der Waals surface area contributed by atoms with E-state index in [-0.39, 0.29) is 29.9 Å². The summed E-state index contributed by atoms with van der Waals surface area (Å²) in [5.41, 5.74) is 5.90. The molecule has 0 aliphatic heterocycles. The van der Waals surface area contributed by atoms with Gasteiger partial charge in [-0.25, -0.2) is 0 Å². The highest BCUT2D eigenvalue weighted by Crippen LogP contribution is 2.14. The second-order valence-corrected chi connectivity index (χ2v) is 6.03. The van der Waals surface area contributed by atoms with E-state index in [1.54, 1.807) is 13.8 Å². The molecule has 0 bridgehead atoms. The Labute approximate surface area is 161 Å². The SMILES string of the molecule is CCNC(=NCC(C)(C)C(N)=O)NCCOc1ccc(C)cc1.I. The summed E-state index contributed by atoms with van der Waals surface area (Å²) in [5.74, 6) is 1.13. The highest BCUT2D eigenvalue weighted by atomic mass is 127. The third kappa shape index (κ3) is 8.37. The van der Waals surface area contributed by atoms with Crippen molar-refractivity contribution in [2.75, 3.05) is 26.2 Å². The van der Waals surface area contributed by atoms with Crippen LogP contribution in [0.4, 0.5) is 0 Å². The molecule has 0 radical (unpaired) electrons. The number of hydrogen-bond donors (Lipinski definition) is 3. The molecule has 1 rings (SSSR count). The topological polar surface area (TPSA) is 88.7 Å². The van der Waals surface area contributed by atoms with Crippen molar-refractivity contribution in [3.05, 3.63) is 29.8 Å². The molecule has 1 amide bonds. The van der Waals surface area contributed by atoms with Crippen LogP contribution in [0.1, 0.15) is 26.3 Å². The van der Waals surface area contributed by atoms with Crippen LogP contribution in [0.25, 0.3) is 0 Å². The largest absolute Gasteiger partial charge is 0.492 e. The van der Waals surface area contributed by atoms with Crippen molar-refractivity contribution < 1.29 is 9.53 Å². The molecule has 0 aliphatic carbocycles. The number of nitrogens with zero attached hydrogens (tertiary/aromatic N) is 1. The number of rotatable bonds is 8. The van der Waals surface area contributed by atoms with Gasteiger partial charge in [0.15, 0.2) is 5.96 Å². The molecule has 4 N–H and O–H groups in total. The number of nitrogens with two attached hydrogens (primary N) is 1. The van der Waals surface area contributed by atoms with Crippen molar-refractivity contribution in [1.29, 1.82) is 0 Å². The van der Waals surface area contributed by atoms with Gasteiger partial charge in [0.05, 0.1) is 18.5 Å². The smallest absolute Gasteiger partial charge is 0.224 e. The Morgan fingerprint density at radius 1 is 1.25 bits per heavy atom. The van der Waals surface area contributed by atoms with Gasteiger partial charge in [-0.15, -0.1) is 24.0 Å². The molecule has 0 spiro atoms. The molecule has 0 saturated carbocycles. The molecule has 0 fully saturated rings. The van der Waals surface area contributed by atoms with E-state index in [1.807, 2.05) is 38.1 Å². The quantitative estimate of drug-likeness (QED) is 0.246. The lowest BCUT2D eigenvalue weighted by Crippen LogP contribution is -2.41. The van der Waals surface area contributed by atoms with Crippen LogP contribution in [0.2, 0.25) is 0 Å². The van der Waals surface area contributed by atoms with Crippen LogP contribution in [0.3, 0.4) is 0 Å². The van der Waals surface area contributed by atoms with Gasteiger partial charge in [0.2, 0.25) is 5.91 Å². The molecule has 6 nitrogen and oxygen atoms in total. The van der Waals surface area contributed by atoms with Gasteiger partial charge in [-0.3, -0.25) is 9.79 Å². The van der Waals surface area contributed by atoms with Crippen molar-refractivity contribution in [3.63, 3.8) is 0 Å². The van der Waals surface area contributed by atoms with Gasteiger partial charge in [-0.1, -0.05) is 17.7 Å². The predicted octanol–water partition coefficient (Wildman–Crippen LogP) is 2.06. The van der Waals surface area contributed by atoms with E-state index < -0.39 is 5.41 Å². The lowest BCUT2D eigenvalue weighted by atomic mass is 9.93. The fourth-order valence-corrected chi connectivity index (χ4v) is 1.67. The number of nitrogens with one attached hydrogen (secondary N) is 2. The Kier molecular flexibility index (Phi) is 10.4. The van der Waals surface area contributed by atoms with E-state index >= 15 is 0 Å². The number of carbonyl (C=O) groups is 1. The number of hydrogen-bond acceptors (Lipinski definition) is 3. The fourth-order valence-electron chi connectivity index (χ4n) is 1.67. The molecule has 7 heteroatoms. The number of guanidine groups is 1. The monoisotopic (exact) mass is 448 g/mol. The van der Waals surface area contributed by atoms with E-state index in [0.29, 0.717) is 25.7 Å². The Bertz CT molecular complexity index is 530. The molecule has 0 atom stereocenters. The van der Waals surface area contributed by atoms with Crippen LogP contribution in [-0.4, -0.2) is 38.1 Å². The van der Waals surface area contributed by atoms with Crippen molar-refractivity contribution in [2.24, 2.45) is 16.1 Å². The minimum atomic E-state index is -0.666. The zero-order valence-corrected chi connectivity index (χ0v) is 17.2. The van der Waals surface area contributed by atoms with Crippen LogP contribution in [0.15, 0.2) is 29.3 Å². The zero-order valence-electron chi connectivity index (χ0n) is 14.9. The molecule has 0 heterocycles. The molecular weight excluding hydrogens is 419 g/mol. The first kappa shape index (κ1) is 22.5.